The van der Waals surface area contributed by atoms with Gasteiger partial charge in [0.1, 0.15) is 19.0 Å². The Bertz CT molecular complexity index is 279. The summed E-state index contributed by atoms with van der Waals surface area (Å²) in [4.78, 5) is 0. The molecule has 3 atom stereocenters. The number of ether oxygens (including phenoxy) is 2. The molecule has 14 heavy (non-hydrogen) atoms. The van der Waals surface area contributed by atoms with Crippen molar-refractivity contribution >= 4 is 0 Å². The monoisotopic (exact) mass is 193 g/mol. The van der Waals surface area contributed by atoms with Crippen LogP contribution in [0.2, 0.25) is 0 Å². The third kappa shape index (κ3) is 1.32. The number of nitrogens with one attached hydrogen (secondary N) is 1. The molecule has 3 heteroatoms. The van der Waals surface area contributed by atoms with Crippen LogP contribution in [0.1, 0.15) is 12.8 Å². The van der Waals surface area contributed by atoms with E-state index in [-0.39, 0.29) is 12.2 Å². The van der Waals surface area contributed by atoms with E-state index in [0.29, 0.717) is 12.8 Å². The maximum absolute atomic E-state index is 5.60. The summed E-state index contributed by atoms with van der Waals surface area (Å²) in [6.45, 7) is 1.56. The van der Waals surface area contributed by atoms with Crippen molar-refractivity contribution < 1.29 is 9.47 Å². The van der Waals surface area contributed by atoms with Crippen LogP contribution in [0.3, 0.4) is 0 Å². The van der Waals surface area contributed by atoms with Crippen LogP contribution in [0.25, 0.3) is 0 Å². The average Bonchev–Trinajstić information content (AvgIpc) is 2.88. The van der Waals surface area contributed by atoms with Gasteiger partial charge < -0.3 is 14.8 Å². The molecule has 2 fully saturated rings. The summed E-state index contributed by atoms with van der Waals surface area (Å²) in [6.07, 6.45) is 9.16. The van der Waals surface area contributed by atoms with Crippen LogP contribution in [0, 0.1) is 0 Å². The second-order valence-corrected chi connectivity index (χ2v) is 4.04. The Balaban J connectivity index is 1.82. The van der Waals surface area contributed by atoms with Gasteiger partial charge in [0, 0.05) is 6.04 Å². The summed E-state index contributed by atoms with van der Waals surface area (Å²) in [5.41, 5.74) is 1.37. The topological polar surface area (TPSA) is 30.5 Å². The molecule has 3 rings (SSSR count). The van der Waals surface area contributed by atoms with Crippen LogP contribution in [-0.4, -0.2) is 31.6 Å². The number of allylic oxidation sites excluding steroid dienone is 2. The molecule has 0 radical (unpaired) electrons. The highest BCUT2D eigenvalue weighted by Crippen LogP contribution is 2.29. The molecule has 0 saturated carbocycles. The Labute approximate surface area is 83.8 Å². The quantitative estimate of drug-likeness (QED) is 0.673. The fourth-order valence-electron chi connectivity index (χ4n) is 2.47. The van der Waals surface area contributed by atoms with Crippen molar-refractivity contribution in [3.05, 3.63) is 23.8 Å². The average molecular weight is 193 g/mol. The summed E-state index contributed by atoms with van der Waals surface area (Å²) in [7, 11) is 0. The van der Waals surface area contributed by atoms with Crippen LogP contribution in [0.4, 0.5) is 0 Å². The lowest BCUT2D eigenvalue weighted by Gasteiger charge is -2.25. The summed E-state index contributed by atoms with van der Waals surface area (Å²) in [5, 5.41) is 3.50. The summed E-state index contributed by atoms with van der Waals surface area (Å²) < 4.78 is 11.1. The molecule has 2 heterocycles. The molecule has 3 nitrogen and oxygen atoms in total. The standard InChI is InChI=1S/C11H15NO2/c1-3-8(9-4-2-6-12-9)11-10(5-1)13-7-14-11/h1,3,5,9-12H,2,4,6-7H2. The third-order valence-corrected chi connectivity index (χ3v) is 3.19. The van der Waals surface area contributed by atoms with Gasteiger partial charge in [-0.3, -0.25) is 0 Å². The molecule has 0 aromatic rings. The minimum atomic E-state index is 0.150. The van der Waals surface area contributed by atoms with Crippen LogP contribution >= 0.6 is 0 Å². The van der Waals surface area contributed by atoms with Gasteiger partial charge in [0.2, 0.25) is 0 Å². The van der Waals surface area contributed by atoms with Gasteiger partial charge in [-0.05, 0) is 25.0 Å². The van der Waals surface area contributed by atoms with Crippen molar-refractivity contribution in [2.24, 2.45) is 0 Å². The zero-order chi connectivity index (χ0) is 9.38. The molecule has 0 amide bonds. The maximum Gasteiger partial charge on any atom is 0.148 e. The molecule has 0 aromatic heterocycles. The first-order valence-corrected chi connectivity index (χ1v) is 5.30. The van der Waals surface area contributed by atoms with Crippen molar-refractivity contribution in [3.8, 4) is 0 Å². The number of hydrogen-bond acceptors (Lipinski definition) is 3. The fraction of sp³-hybridized carbons (Fsp3) is 0.636. The Morgan fingerprint density at radius 2 is 2.36 bits per heavy atom. The van der Waals surface area contributed by atoms with Crippen LogP contribution < -0.4 is 5.32 Å². The van der Waals surface area contributed by atoms with E-state index in [1.54, 1.807) is 0 Å². The van der Waals surface area contributed by atoms with Gasteiger partial charge in [-0.2, -0.15) is 0 Å². The normalized spacial score (nSPS) is 41.1. The Kier molecular flexibility index (Phi) is 2.16. The molecule has 3 aliphatic rings. The molecular weight excluding hydrogens is 178 g/mol. The lowest BCUT2D eigenvalue weighted by atomic mass is 9.92. The predicted octanol–water partition coefficient (Wildman–Crippen LogP) is 0.976. The Hall–Kier alpha value is -0.640. The summed E-state index contributed by atoms with van der Waals surface area (Å²) in [6, 6.07) is 0.508. The first kappa shape index (κ1) is 8.65. The van der Waals surface area contributed by atoms with Crippen molar-refractivity contribution in [1.82, 2.24) is 5.32 Å². The predicted molar refractivity (Wildman–Crippen MR) is 52.9 cm³/mol. The molecular formula is C11H15NO2. The Morgan fingerprint density at radius 3 is 3.21 bits per heavy atom. The Morgan fingerprint density at radius 1 is 1.36 bits per heavy atom. The molecule has 2 saturated heterocycles. The number of hydrogen-bond donors (Lipinski definition) is 1. The van der Waals surface area contributed by atoms with Crippen LogP contribution in [-0.2, 0) is 9.47 Å². The van der Waals surface area contributed by atoms with Gasteiger partial charge in [-0.25, -0.2) is 0 Å². The molecule has 1 N–H and O–H groups in total. The molecule has 1 aliphatic carbocycles. The minimum Gasteiger partial charge on any atom is -0.345 e. The maximum atomic E-state index is 5.60. The van der Waals surface area contributed by atoms with Gasteiger partial charge in [-0.1, -0.05) is 18.2 Å². The van der Waals surface area contributed by atoms with Gasteiger partial charge in [0.05, 0.1) is 0 Å². The zero-order valence-electron chi connectivity index (χ0n) is 8.11. The van der Waals surface area contributed by atoms with E-state index in [0.717, 1.165) is 6.54 Å². The highest BCUT2D eigenvalue weighted by Gasteiger charge is 2.36. The summed E-state index contributed by atoms with van der Waals surface area (Å²) in [5.74, 6) is 0. The van der Waals surface area contributed by atoms with Gasteiger partial charge in [0.25, 0.3) is 0 Å². The van der Waals surface area contributed by atoms with E-state index < -0.39 is 0 Å². The van der Waals surface area contributed by atoms with E-state index in [9.17, 15) is 0 Å². The molecule has 3 unspecified atom stereocenters. The highest BCUT2D eigenvalue weighted by molar-refractivity contribution is 5.31. The van der Waals surface area contributed by atoms with E-state index in [1.807, 2.05) is 0 Å². The van der Waals surface area contributed by atoms with Crippen molar-refractivity contribution in [2.75, 3.05) is 13.3 Å². The number of rotatable bonds is 1. The zero-order valence-corrected chi connectivity index (χ0v) is 8.11. The first-order chi connectivity index (χ1) is 6.95. The highest BCUT2D eigenvalue weighted by atomic mass is 16.7. The molecule has 0 bridgehead atoms. The smallest absolute Gasteiger partial charge is 0.148 e. The second-order valence-electron chi connectivity index (χ2n) is 4.04. The van der Waals surface area contributed by atoms with Gasteiger partial charge in [0.15, 0.2) is 0 Å². The molecule has 76 valence electrons. The summed E-state index contributed by atoms with van der Waals surface area (Å²) >= 11 is 0. The van der Waals surface area contributed by atoms with Crippen molar-refractivity contribution in [1.29, 1.82) is 0 Å². The lowest BCUT2D eigenvalue weighted by Crippen LogP contribution is -2.35. The van der Waals surface area contributed by atoms with E-state index in [4.69, 9.17) is 9.47 Å². The molecule has 2 aliphatic heterocycles. The van der Waals surface area contributed by atoms with E-state index >= 15 is 0 Å². The van der Waals surface area contributed by atoms with Crippen molar-refractivity contribution in [3.63, 3.8) is 0 Å². The largest absolute Gasteiger partial charge is 0.345 e. The van der Waals surface area contributed by atoms with Gasteiger partial charge >= 0.3 is 0 Å². The van der Waals surface area contributed by atoms with Crippen LogP contribution in [0.15, 0.2) is 23.8 Å². The van der Waals surface area contributed by atoms with E-state index in [2.05, 4.69) is 23.5 Å². The molecule has 0 spiro atoms. The van der Waals surface area contributed by atoms with E-state index in [1.165, 1.54) is 18.4 Å². The minimum absolute atomic E-state index is 0.150. The fourth-order valence-corrected chi connectivity index (χ4v) is 2.47. The molecule has 0 aromatic carbocycles. The second kappa shape index (κ2) is 3.50. The SMILES string of the molecule is C1=CC2OCOC2C(C2CCCN2)=C1. The number of fused-ring (bicyclic) bond motifs is 1. The van der Waals surface area contributed by atoms with Gasteiger partial charge in [-0.15, -0.1) is 0 Å². The van der Waals surface area contributed by atoms with Crippen molar-refractivity contribution in [2.45, 2.75) is 31.1 Å². The lowest BCUT2D eigenvalue weighted by molar-refractivity contribution is 0.0481. The van der Waals surface area contributed by atoms with Crippen LogP contribution in [0.5, 0.6) is 0 Å². The first-order valence-electron chi connectivity index (χ1n) is 5.30. The third-order valence-electron chi connectivity index (χ3n) is 3.19.